The Balaban J connectivity index is 2.50. The minimum atomic E-state index is -3.66. The SMILES string of the molecule is C=C[C@H](OCc1ccccc1)C(C)(C)COS(=O)(=O)CCCNC(C)=O. The molecule has 0 bridgehead atoms. The lowest BCUT2D eigenvalue weighted by molar-refractivity contribution is -0.118. The fourth-order valence-electron chi connectivity index (χ4n) is 2.27. The molecule has 0 spiro atoms. The summed E-state index contributed by atoms with van der Waals surface area (Å²) in [6.45, 7) is 9.62. The molecular formula is C19H29NO5S. The van der Waals surface area contributed by atoms with Gasteiger partial charge in [-0.05, 0) is 12.0 Å². The van der Waals surface area contributed by atoms with Crippen molar-refractivity contribution in [2.45, 2.75) is 39.9 Å². The zero-order chi connectivity index (χ0) is 19.6. The average Bonchev–Trinajstić information content (AvgIpc) is 2.58. The molecule has 146 valence electrons. The zero-order valence-corrected chi connectivity index (χ0v) is 16.6. The van der Waals surface area contributed by atoms with E-state index in [-0.39, 0.29) is 24.4 Å². The van der Waals surface area contributed by atoms with Crippen molar-refractivity contribution in [1.82, 2.24) is 5.32 Å². The molecule has 0 saturated carbocycles. The van der Waals surface area contributed by atoms with E-state index in [4.69, 9.17) is 8.92 Å². The first-order chi connectivity index (χ1) is 12.2. The topological polar surface area (TPSA) is 81.7 Å². The van der Waals surface area contributed by atoms with Crippen LogP contribution in [0.5, 0.6) is 0 Å². The van der Waals surface area contributed by atoms with E-state index in [0.29, 0.717) is 19.6 Å². The lowest BCUT2D eigenvalue weighted by Gasteiger charge is -2.31. The van der Waals surface area contributed by atoms with Gasteiger partial charge >= 0.3 is 0 Å². The number of carbonyl (C=O) groups is 1. The van der Waals surface area contributed by atoms with E-state index < -0.39 is 15.5 Å². The van der Waals surface area contributed by atoms with Gasteiger partial charge in [-0.3, -0.25) is 8.98 Å². The molecular weight excluding hydrogens is 354 g/mol. The van der Waals surface area contributed by atoms with E-state index in [1.54, 1.807) is 6.08 Å². The lowest BCUT2D eigenvalue weighted by Crippen LogP contribution is -2.36. The second kappa shape index (κ2) is 10.4. The molecule has 0 heterocycles. The number of ether oxygens (including phenoxy) is 1. The number of nitrogens with one attached hydrogen (secondary N) is 1. The molecule has 7 heteroatoms. The number of benzene rings is 1. The maximum Gasteiger partial charge on any atom is 0.267 e. The predicted molar refractivity (Wildman–Crippen MR) is 102 cm³/mol. The second-order valence-electron chi connectivity index (χ2n) is 6.80. The summed E-state index contributed by atoms with van der Waals surface area (Å²) in [5.74, 6) is -0.332. The number of amides is 1. The van der Waals surface area contributed by atoms with Gasteiger partial charge in [0.2, 0.25) is 5.91 Å². The standard InChI is InChI=1S/C19H29NO5S/c1-5-18(24-14-17-10-7-6-8-11-17)19(3,4)15-25-26(22,23)13-9-12-20-16(2)21/h5-8,10-11,18H,1,9,12-15H2,2-4H3,(H,20,21)/t18-/m0/s1. The van der Waals surface area contributed by atoms with Crippen molar-refractivity contribution in [3.8, 4) is 0 Å². The molecule has 1 N–H and O–H groups in total. The first kappa shape index (κ1) is 22.3. The molecule has 1 amide bonds. The zero-order valence-electron chi connectivity index (χ0n) is 15.7. The summed E-state index contributed by atoms with van der Waals surface area (Å²) in [7, 11) is -3.66. The summed E-state index contributed by atoms with van der Waals surface area (Å²) in [6.07, 6.45) is 1.60. The number of carbonyl (C=O) groups excluding carboxylic acids is 1. The third-order valence-corrected chi connectivity index (χ3v) is 5.08. The van der Waals surface area contributed by atoms with E-state index >= 15 is 0 Å². The van der Waals surface area contributed by atoms with E-state index in [9.17, 15) is 13.2 Å². The molecule has 26 heavy (non-hydrogen) atoms. The van der Waals surface area contributed by atoms with Crippen LogP contribution in [0.25, 0.3) is 0 Å². The number of hydrogen-bond donors (Lipinski definition) is 1. The fourth-order valence-corrected chi connectivity index (χ4v) is 3.37. The highest BCUT2D eigenvalue weighted by atomic mass is 32.2. The third kappa shape index (κ3) is 8.60. The first-order valence-corrected chi connectivity index (χ1v) is 10.1. The molecule has 0 radical (unpaired) electrons. The van der Waals surface area contributed by atoms with Crippen LogP contribution in [-0.4, -0.2) is 39.3 Å². The Morgan fingerprint density at radius 1 is 1.31 bits per heavy atom. The third-order valence-electron chi connectivity index (χ3n) is 3.81. The van der Waals surface area contributed by atoms with Crippen LogP contribution >= 0.6 is 0 Å². The Morgan fingerprint density at radius 3 is 2.54 bits per heavy atom. The summed E-state index contributed by atoms with van der Waals surface area (Å²) < 4.78 is 35.1. The van der Waals surface area contributed by atoms with Crippen LogP contribution in [0.2, 0.25) is 0 Å². The van der Waals surface area contributed by atoms with Gasteiger partial charge in [-0.2, -0.15) is 8.42 Å². The second-order valence-corrected chi connectivity index (χ2v) is 8.56. The van der Waals surface area contributed by atoms with Crippen molar-refractivity contribution in [1.29, 1.82) is 0 Å². The minimum absolute atomic E-state index is 0.0129. The van der Waals surface area contributed by atoms with Crippen LogP contribution in [0.1, 0.15) is 32.8 Å². The van der Waals surface area contributed by atoms with Crippen molar-refractivity contribution in [2.75, 3.05) is 18.9 Å². The predicted octanol–water partition coefficient (Wildman–Crippen LogP) is 2.66. The highest BCUT2D eigenvalue weighted by Crippen LogP contribution is 2.26. The molecule has 0 unspecified atom stereocenters. The maximum atomic E-state index is 12.0. The van der Waals surface area contributed by atoms with Crippen LogP contribution < -0.4 is 5.32 Å². The highest BCUT2D eigenvalue weighted by molar-refractivity contribution is 7.86. The summed E-state index contributed by atoms with van der Waals surface area (Å²) in [5.41, 5.74) is 0.461. The molecule has 0 aliphatic heterocycles. The van der Waals surface area contributed by atoms with Crippen LogP contribution in [0.4, 0.5) is 0 Å². The lowest BCUT2D eigenvalue weighted by atomic mass is 9.87. The van der Waals surface area contributed by atoms with Crippen LogP contribution in [-0.2, 0) is 30.4 Å². The summed E-state index contributed by atoms with van der Waals surface area (Å²) in [4.78, 5) is 10.8. The van der Waals surface area contributed by atoms with Gasteiger partial charge in [-0.1, -0.05) is 50.3 Å². The van der Waals surface area contributed by atoms with E-state index in [2.05, 4.69) is 11.9 Å². The molecule has 0 aliphatic rings. The van der Waals surface area contributed by atoms with Gasteiger partial charge in [0.25, 0.3) is 10.1 Å². The van der Waals surface area contributed by atoms with Crippen molar-refractivity contribution < 1.29 is 22.1 Å². The molecule has 0 fully saturated rings. The Morgan fingerprint density at radius 2 is 1.96 bits per heavy atom. The van der Waals surface area contributed by atoms with Gasteiger partial charge in [-0.15, -0.1) is 6.58 Å². The molecule has 1 atom stereocenters. The van der Waals surface area contributed by atoms with E-state index in [1.165, 1.54) is 6.92 Å². The van der Waals surface area contributed by atoms with Gasteiger partial charge in [0, 0.05) is 18.9 Å². The molecule has 1 aromatic carbocycles. The number of hydrogen-bond acceptors (Lipinski definition) is 5. The Labute approximate surface area is 156 Å². The normalized spacial score (nSPS) is 13.2. The first-order valence-electron chi connectivity index (χ1n) is 8.56. The smallest absolute Gasteiger partial charge is 0.267 e. The van der Waals surface area contributed by atoms with Crippen LogP contribution in [0, 0.1) is 5.41 Å². The fraction of sp³-hybridized carbons (Fsp3) is 0.526. The average molecular weight is 384 g/mol. The van der Waals surface area contributed by atoms with Gasteiger partial charge in [-0.25, -0.2) is 0 Å². The maximum absolute atomic E-state index is 12.0. The van der Waals surface area contributed by atoms with Gasteiger partial charge in [0.1, 0.15) is 0 Å². The van der Waals surface area contributed by atoms with Crippen LogP contribution in [0.3, 0.4) is 0 Å². The summed E-state index contributed by atoms with van der Waals surface area (Å²) in [5, 5.41) is 2.56. The largest absolute Gasteiger partial charge is 0.369 e. The molecule has 0 aliphatic carbocycles. The molecule has 0 aromatic heterocycles. The summed E-state index contributed by atoms with van der Waals surface area (Å²) >= 11 is 0. The molecule has 0 saturated heterocycles. The van der Waals surface area contributed by atoms with Crippen molar-refractivity contribution in [3.63, 3.8) is 0 Å². The molecule has 1 aromatic rings. The monoisotopic (exact) mass is 383 g/mol. The summed E-state index contributed by atoms with van der Waals surface area (Å²) in [6, 6.07) is 9.72. The number of rotatable bonds is 12. The Bertz CT molecular complexity index is 670. The Kier molecular flexibility index (Phi) is 8.98. The van der Waals surface area contributed by atoms with Crippen molar-refractivity contribution in [3.05, 3.63) is 48.6 Å². The van der Waals surface area contributed by atoms with Crippen molar-refractivity contribution >= 4 is 16.0 Å². The van der Waals surface area contributed by atoms with Gasteiger partial charge < -0.3 is 10.1 Å². The van der Waals surface area contributed by atoms with Gasteiger partial charge in [0.05, 0.1) is 25.1 Å². The minimum Gasteiger partial charge on any atom is -0.369 e. The van der Waals surface area contributed by atoms with E-state index in [0.717, 1.165) is 5.56 Å². The Hall–Kier alpha value is -1.70. The highest BCUT2D eigenvalue weighted by Gasteiger charge is 2.30. The van der Waals surface area contributed by atoms with Crippen LogP contribution in [0.15, 0.2) is 43.0 Å². The molecule has 1 rings (SSSR count). The molecule has 6 nitrogen and oxygen atoms in total. The van der Waals surface area contributed by atoms with E-state index in [1.807, 2.05) is 44.2 Å². The van der Waals surface area contributed by atoms with Crippen molar-refractivity contribution in [2.24, 2.45) is 5.41 Å². The van der Waals surface area contributed by atoms with Gasteiger partial charge in [0.15, 0.2) is 0 Å². The quantitative estimate of drug-likeness (QED) is 0.341.